The number of pyridine rings is 1. The summed E-state index contributed by atoms with van der Waals surface area (Å²) in [6.45, 7) is 4.43. The van der Waals surface area contributed by atoms with Crippen LogP contribution in [0.1, 0.15) is 38.4 Å². The minimum absolute atomic E-state index is 0.253. The summed E-state index contributed by atoms with van der Waals surface area (Å²) in [4.78, 5) is 6.98. The third kappa shape index (κ3) is 3.84. The summed E-state index contributed by atoms with van der Waals surface area (Å²) < 4.78 is 55.6. The van der Waals surface area contributed by atoms with E-state index in [1.54, 1.807) is 38.4 Å². The van der Waals surface area contributed by atoms with Crippen molar-refractivity contribution in [2.45, 2.75) is 45.2 Å². The van der Waals surface area contributed by atoms with Gasteiger partial charge in [0.2, 0.25) is 0 Å². The third-order valence-corrected chi connectivity index (χ3v) is 5.27. The van der Waals surface area contributed by atoms with Crippen LogP contribution in [0.3, 0.4) is 0 Å². The van der Waals surface area contributed by atoms with Crippen molar-refractivity contribution < 1.29 is 22.7 Å². The zero-order valence-electron chi connectivity index (χ0n) is 15.9. The molecule has 0 amide bonds. The number of hydrogen-bond donors (Lipinski definition) is 2. The first kappa shape index (κ1) is 20.2. The Kier molecular flexibility index (Phi) is 4.89. The van der Waals surface area contributed by atoms with Crippen molar-refractivity contribution in [3.05, 3.63) is 59.8 Å². The fourth-order valence-electron chi connectivity index (χ4n) is 3.96. The molecule has 2 heterocycles. The van der Waals surface area contributed by atoms with Crippen LogP contribution >= 0.6 is 0 Å². The molecule has 2 aromatic heterocycles. The normalized spacial score (nSPS) is 15.0. The molecule has 2 N–H and O–H groups in total. The molecule has 3 rings (SSSR count). The molecule has 0 radical (unpaired) electrons. The van der Waals surface area contributed by atoms with Crippen molar-refractivity contribution in [1.29, 1.82) is 0 Å². The van der Waals surface area contributed by atoms with Gasteiger partial charge in [-0.3, -0.25) is 4.98 Å². The van der Waals surface area contributed by atoms with Gasteiger partial charge < -0.3 is 10.1 Å². The number of nitrogens with one attached hydrogen (secondary N) is 1. The number of aromatic hydroxyl groups is 1. The quantitative estimate of drug-likeness (QED) is 0.531. The van der Waals surface area contributed by atoms with Crippen LogP contribution in [0, 0.1) is 11.2 Å². The Morgan fingerprint density at radius 3 is 2.39 bits per heavy atom. The summed E-state index contributed by atoms with van der Waals surface area (Å²) >= 11 is 0. The third-order valence-electron chi connectivity index (χ3n) is 5.27. The largest absolute Gasteiger partial charge is 0.508 e. The van der Waals surface area contributed by atoms with E-state index in [1.807, 2.05) is 0 Å². The molecule has 1 atom stereocenters. The number of hydrogen-bond acceptors (Lipinski definition) is 2. The number of nitrogens with zero attached hydrogens (tertiary/aromatic N) is 1. The first-order valence-corrected chi connectivity index (χ1v) is 8.89. The first-order valence-electron chi connectivity index (χ1n) is 8.89. The van der Waals surface area contributed by atoms with E-state index in [2.05, 4.69) is 9.97 Å². The minimum Gasteiger partial charge on any atom is -0.508 e. The molecule has 7 heteroatoms. The highest BCUT2D eigenvalue weighted by Gasteiger charge is 2.53. The molecule has 1 unspecified atom stereocenters. The van der Waals surface area contributed by atoms with E-state index < -0.39 is 22.8 Å². The molecule has 0 aliphatic carbocycles. The number of alkyl halides is 3. The van der Waals surface area contributed by atoms with Crippen molar-refractivity contribution in [3.8, 4) is 5.75 Å². The van der Waals surface area contributed by atoms with Gasteiger partial charge in [0, 0.05) is 29.8 Å². The topological polar surface area (TPSA) is 48.9 Å². The highest BCUT2D eigenvalue weighted by molar-refractivity contribution is 5.79. The number of aromatic nitrogens is 2. The number of halogens is 4. The predicted molar refractivity (Wildman–Crippen MR) is 99.7 cm³/mol. The zero-order chi connectivity index (χ0) is 20.7. The number of H-pyrrole nitrogens is 1. The standard InChI is InChI=1S/C21H22F4N2O/c1-19(2,16-5-4-14(22)9-18(16)28)12-20(3,21(23,24)25)10-15-8-13-6-7-26-11-17(13)27-15/h4-9,11,27-28H,10,12H2,1-3H3. The molecule has 28 heavy (non-hydrogen) atoms. The summed E-state index contributed by atoms with van der Waals surface area (Å²) in [5.74, 6) is -0.978. The molecule has 3 nitrogen and oxygen atoms in total. The summed E-state index contributed by atoms with van der Waals surface area (Å²) in [5.41, 5.74) is -1.68. The van der Waals surface area contributed by atoms with E-state index in [0.29, 0.717) is 11.2 Å². The van der Waals surface area contributed by atoms with E-state index >= 15 is 0 Å². The number of fused-ring (bicyclic) bond motifs is 1. The molecule has 0 bridgehead atoms. The molecule has 0 saturated carbocycles. The van der Waals surface area contributed by atoms with Crippen LogP contribution < -0.4 is 0 Å². The number of phenolic OH excluding ortho intramolecular Hbond substituents is 1. The molecular formula is C21H22F4N2O. The van der Waals surface area contributed by atoms with Crippen molar-refractivity contribution in [3.63, 3.8) is 0 Å². The SMILES string of the molecule is CC(C)(CC(C)(Cc1cc2ccncc2[nH]1)C(F)(F)F)c1ccc(F)cc1O. The zero-order valence-corrected chi connectivity index (χ0v) is 15.9. The predicted octanol–water partition coefficient (Wildman–Crippen LogP) is 5.89. The van der Waals surface area contributed by atoms with Gasteiger partial charge in [-0.25, -0.2) is 4.39 Å². The molecule has 0 aliphatic heterocycles. The minimum atomic E-state index is -4.48. The van der Waals surface area contributed by atoms with Gasteiger partial charge in [0.25, 0.3) is 0 Å². The number of aromatic amines is 1. The lowest BCUT2D eigenvalue weighted by Crippen LogP contribution is -2.42. The summed E-state index contributed by atoms with van der Waals surface area (Å²) in [7, 11) is 0. The van der Waals surface area contributed by atoms with E-state index in [1.165, 1.54) is 13.0 Å². The van der Waals surface area contributed by atoms with Gasteiger partial charge in [-0.1, -0.05) is 26.8 Å². The molecule has 150 valence electrons. The molecule has 0 spiro atoms. The highest BCUT2D eigenvalue weighted by atomic mass is 19.4. The van der Waals surface area contributed by atoms with Crippen LogP contribution in [-0.2, 0) is 11.8 Å². The summed E-state index contributed by atoms with van der Waals surface area (Å²) in [5, 5.41) is 10.9. The second-order valence-corrected chi connectivity index (χ2v) is 8.21. The number of phenols is 1. The van der Waals surface area contributed by atoms with Gasteiger partial charge in [-0.15, -0.1) is 0 Å². The Bertz CT molecular complexity index is 960. The van der Waals surface area contributed by atoms with Crippen LogP contribution in [0.5, 0.6) is 5.75 Å². The second-order valence-electron chi connectivity index (χ2n) is 8.21. The molecule has 0 fully saturated rings. The van der Waals surface area contributed by atoms with E-state index in [9.17, 15) is 22.7 Å². The molecule has 1 aromatic carbocycles. The first-order chi connectivity index (χ1) is 12.9. The number of benzene rings is 1. The van der Waals surface area contributed by atoms with Gasteiger partial charge >= 0.3 is 6.18 Å². The van der Waals surface area contributed by atoms with Crippen LogP contribution in [-0.4, -0.2) is 21.3 Å². The average molecular weight is 394 g/mol. The maximum atomic E-state index is 14.1. The van der Waals surface area contributed by atoms with Crippen molar-refractivity contribution in [1.82, 2.24) is 9.97 Å². The summed E-state index contributed by atoms with van der Waals surface area (Å²) in [6, 6.07) is 6.85. The Morgan fingerprint density at radius 2 is 1.79 bits per heavy atom. The Hall–Kier alpha value is -2.57. The van der Waals surface area contributed by atoms with E-state index in [-0.39, 0.29) is 24.2 Å². The fraction of sp³-hybridized carbons (Fsp3) is 0.381. The van der Waals surface area contributed by atoms with Crippen LogP contribution in [0.2, 0.25) is 0 Å². The molecule has 0 saturated heterocycles. The lowest BCUT2D eigenvalue weighted by Gasteiger charge is -2.39. The van der Waals surface area contributed by atoms with Gasteiger partial charge in [0.1, 0.15) is 11.6 Å². The Balaban J connectivity index is 1.96. The van der Waals surface area contributed by atoms with Crippen LogP contribution in [0.15, 0.2) is 42.7 Å². The molecular weight excluding hydrogens is 372 g/mol. The van der Waals surface area contributed by atoms with Crippen molar-refractivity contribution in [2.24, 2.45) is 5.41 Å². The van der Waals surface area contributed by atoms with E-state index in [4.69, 9.17) is 0 Å². The van der Waals surface area contributed by atoms with Gasteiger partial charge in [0.15, 0.2) is 0 Å². The molecule has 3 aromatic rings. The highest BCUT2D eigenvalue weighted by Crippen LogP contribution is 2.50. The van der Waals surface area contributed by atoms with Crippen molar-refractivity contribution in [2.75, 3.05) is 0 Å². The average Bonchev–Trinajstić information content (AvgIpc) is 2.94. The van der Waals surface area contributed by atoms with Crippen molar-refractivity contribution >= 4 is 10.9 Å². The Morgan fingerprint density at radius 1 is 1.07 bits per heavy atom. The van der Waals surface area contributed by atoms with Crippen LogP contribution in [0.25, 0.3) is 10.9 Å². The van der Waals surface area contributed by atoms with E-state index in [0.717, 1.165) is 17.5 Å². The fourth-order valence-corrected chi connectivity index (χ4v) is 3.96. The maximum absolute atomic E-state index is 14.1. The van der Waals surface area contributed by atoms with Gasteiger partial charge in [0.05, 0.1) is 17.1 Å². The maximum Gasteiger partial charge on any atom is 0.394 e. The Labute approximate surface area is 160 Å². The van der Waals surface area contributed by atoms with Crippen LogP contribution in [0.4, 0.5) is 17.6 Å². The van der Waals surface area contributed by atoms with Gasteiger partial charge in [-0.2, -0.15) is 13.2 Å². The lowest BCUT2D eigenvalue weighted by atomic mass is 9.68. The molecule has 0 aliphatic rings. The second kappa shape index (κ2) is 6.79. The smallest absolute Gasteiger partial charge is 0.394 e. The van der Waals surface area contributed by atoms with Gasteiger partial charge in [-0.05, 0) is 35.6 Å². The lowest BCUT2D eigenvalue weighted by molar-refractivity contribution is -0.224. The summed E-state index contributed by atoms with van der Waals surface area (Å²) in [6.07, 6.45) is -1.85. The monoisotopic (exact) mass is 394 g/mol. The number of rotatable bonds is 5.